The molecule has 0 aliphatic heterocycles. The number of aryl methyl sites for hydroxylation is 2. The highest BCUT2D eigenvalue weighted by atomic mass is 35.5. The van der Waals surface area contributed by atoms with Crippen LogP contribution in [0.5, 0.6) is 0 Å². The van der Waals surface area contributed by atoms with Gasteiger partial charge in [-0.15, -0.1) is 0 Å². The summed E-state index contributed by atoms with van der Waals surface area (Å²) in [6.45, 7) is 4.41. The fraction of sp³-hybridized carbons (Fsp3) is 0.611. The Balaban J connectivity index is 1.52. The third-order valence-electron chi connectivity index (χ3n) is 4.83. The Labute approximate surface area is 176 Å². The van der Waals surface area contributed by atoms with Crippen LogP contribution in [0, 0.1) is 12.8 Å². The van der Waals surface area contributed by atoms with E-state index in [-0.39, 0.29) is 18.4 Å². The molecule has 0 aromatic carbocycles. The molecule has 1 fully saturated rings. The van der Waals surface area contributed by atoms with Crippen LogP contribution in [0.15, 0.2) is 6.07 Å². The lowest BCUT2D eigenvalue weighted by Gasteiger charge is -2.14. The molecular weight excluding hydrogens is 430 g/mol. The van der Waals surface area contributed by atoms with Gasteiger partial charge in [0.25, 0.3) is 0 Å². The summed E-state index contributed by atoms with van der Waals surface area (Å²) in [4.78, 5) is 12.3. The van der Waals surface area contributed by atoms with Gasteiger partial charge in [-0.2, -0.15) is 23.4 Å². The van der Waals surface area contributed by atoms with Crippen molar-refractivity contribution < 1.29 is 18.0 Å². The highest BCUT2D eigenvalue weighted by Crippen LogP contribution is 2.42. The van der Waals surface area contributed by atoms with Gasteiger partial charge in [0.05, 0.1) is 18.2 Å². The molecule has 2 aromatic heterocycles. The van der Waals surface area contributed by atoms with Gasteiger partial charge in [-0.1, -0.05) is 30.1 Å². The summed E-state index contributed by atoms with van der Waals surface area (Å²) >= 11 is 12.1. The van der Waals surface area contributed by atoms with E-state index in [1.807, 2.05) is 0 Å². The Morgan fingerprint density at radius 1 is 1.31 bits per heavy atom. The fourth-order valence-electron chi connectivity index (χ4n) is 3.06. The van der Waals surface area contributed by atoms with E-state index in [0.29, 0.717) is 41.1 Å². The molecule has 1 N–H and O–H groups in total. The van der Waals surface area contributed by atoms with E-state index in [1.165, 1.54) is 4.68 Å². The summed E-state index contributed by atoms with van der Waals surface area (Å²) < 4.78 is 41.8. The van der Waals surface area contributed by atoms with Crippen molar-refractivity contribution in [3.8, 4) is 0 Å². The molecule has 1 unspecified atom stereocenters. The Bertz CT molecular complexity index is 889. The van der Waals surface area contributed by atoms with Gasteiger partial charge >= 0.3 is 6.18 Å². The summed E-state index contributed by atoms with van der Waals surface area (Å²) in [5, 5.41) is 11.5. The van der Waals surface area contributed by atoms with Gasteiger partial charge in [-0.25, -0.2) is 0 Å². The van der Waals surface area contributed by atoms with Crippen molar-refractivity contribution in [2.24, 2.45) is 5.92 Å². The number of amides is 1. The van der Waals surface area contributed by atoms with Crippen LogP contribution < -0.4 is 5.32 Å². The zero-order chi connectivity index (χ0) is 21.3. The van der Waals surface area contributed by atoms with E-state index in [4.69, 9.17) is 23.2 Å². The first-order valence-corrected chi connectivity index (χ1v) is 10.1. The van der Waals surface area contributed by atoms with E-state index < -0.39 is 17.8 Å². The van der Waals surface area contributed by atoms with Crippen LogP contribution in [0.2, 0.25) is 10.2 Å². The molecule has 2 heterocycles. The number of nitrogens with one attached hydrogen (secondary N) is 1. The van der Waals surface area contributed by atoms with Crippen LogP contribution >= 0.6 is 23.2 Å². The van der Waals surface area contributed by atoms with Crippen LogP contribution in [-0.4, -0.2) is 32.0 Å². The second-order valence-corrected chi connectivity index (χ2v) is 8.10. The Morgan fingerprint density at radius 2 is 2.00 bits per heavy atom. The summed E-state index contributed by atoms with van der Waals surface area (Å²) in [6, 6.07) is 1.10. The Kier molecular flexibility index (Phi) is 6.48. The third-order valence-corrected chi connectivity index (χ3v) is 5.77. The molecule has 0 spiro atoms. The summed E-state index contributed by atoms with van der Waals surface area (Å²) in [7, 11) is 0. The molecule has 29 heavy (non-hydrogen) atoms. The molecule has 0 saturated heterocycles. The van der Waals surface area contributed by atoms with E-state index in [9.17, 15) is 18.0 Å². The van der Waals surface area contributed by atoms with Crippen LogP contribution in [0.25, 0.3) is 0 Å². The number of alkyl halides is 3. The molecule has 1 atom stereocenters. The quantitative estimate of drug-likeness (QED) is 0.603. The number of aromatic nitrogens is 4. The summed E-state index contributed by atoms with van der Waals surface area (Å²) in [6.07, 6.45) is -2.20. The van der Waals surface area contributed by atoms with Crippen molar-refractivity contribution in [1.82, 2.24) is 24.9 Å². The van der Waals surface area contributed by atoms with Crippen LogP contribution in [0.1, 0.15) is 49.2 Å². The summed E-state index contributed by atoms with van der Waals surface area (Å²) in [5.41, 5.74) is 0.285. The van der Waals surface area contributed by atoms with Crippen molar-refractivity contribution in [3.05, 3.63) is 33.3 Å². The smallest absolute Gasteiger partial charge is 0.356 e. The largest absolute Gasteiger partial charge is 0.435 e. The predicted molar refractivity (Wildman–Crippen MR) is 103 cm³/mol. The number of rotatable bonds is 8. The second-order valence-electron chi connectivity index (χ2n) is 7.37. The molecule has 3 rings (SSSR count). The SMILES string of the molecule is Cc1nn(CCCNC(=O)C(C)Cn2nc(C(F)(F)F)cc2C2CC2)c(Cl)c1Cl. The lowest BCUT2D eigenvalue weighted by Crippen LogP contribution is -2.33. The number of nitrogens with zero attached hydrogens (tertiary/aromatic N) is 4. The molecule has 1 aliphatic carbocycles. The molecule has 2 aromatic rings. The van der Waals surface area contributed by atoms with E-state index in [2.05, 4.69) is 15.5 Å². The fourth-order valence-corrected chi connectivity index (χ4v) is 3.45. The van der Waals surface area contributed by atoms with Crippen molar-refractivity contribution in [2.75, 3.05) is 6.54 Å². The van der Waals surface area contributed by atoms with Gasteiger partial charge in [0, 0.05) is 24.7 Å². The monoisotopic (exact) mass is 451 g/mol. The number of halogens is 5. The zero-order valence-corrected chi connectivity index (χ0v) is 17.6. The molecule has 6 nitrogen and oxygen atoms in total. The Hall–Kier alpha value is -1.74. The van der Waals surface area contributed by atoms with Crippen LogP contribution in [-0.2, 0) is 24.1 Å². The highest BCUT2D eigenvalue weighted by Gasteiger charge is 2.38. The predicted octanol–water partition coefficient (Wildman–Crippen LogP) is 4.43. The highest BCUT2D eigenvalue weighted by molar-refractivity contribution is 6.41. The van der Waals surface area contributed by atoms with Crippen LogP contribution in [0.3, 0.4) is 0 Å². The lowest BCUT2D eigenvalue weighted by atomic mass is 10.1. The van der Waals surface area contributed by atoms with Gasteiger partial charge in [-0.3, -0.25) is 14.2 Å². The minimum absolute atomic E-state index is 0.1000. The molecule has 1 amide bonds. The Morgan fingerprint density at radius 3 is 2.55 bits per heavy atom. The first-order chi connectivity index (χ1) is 13.6. The van der Waals surface area contributed by atoms with E-state index in [1.54, 1.807) is 18.5 Å². The minimum Gasteiger partial charge on any atom is -0.356 e. The maximum Gasteiger partial charge on any atom is 0.435 e. The molecule has 1 aliphatic rings. The molecule has 160 valence electrons. The lowest BCUT2D eigenvalue weighted by molar-refractivity contribution is -0.141. The standard InChI is InChI=1S/C18H22Cl2F3N5O/c1-10(9-28-13(12-4-5-12)8-14(26-28)18(21,22)23)17(29)24-6-3-7-27-16(20)15(19)11(2)25-27/h8,10,12H,3-7,9H2,1-2H3,(H,24,29). The average molecular weight is 452 g/mol. The van der Waals surface area contributed by atoms with Crippen molar-refractivity contribution in [1.29, 1.82) is 0 Å². The first-order valence-electron chi connectivity index (χ1n) is 9.39. The number of hydrogen-bond acceptors (Lipinski definition) is 3. The minimum atomic E-state index is -4.49. The van der Waals surface area contributed by atoms with Gasteiger partial charge in [0.15, 0.2) is 5.69 Å². The van der Waals surface area contributed by atoms with Crippen LogP contribution in [0.4, 0.5) is 13.2 Å². The van der Waals surface area contributed by atoms with Crippen molar-refractivity contribution in [3.63, 3.8) is 0 Å². The first kappa shape index (κ1) is 22.0. The third kappa shape index (κ3) is 5.25. The number of hydrogen-bond donors (Lipinski definition) is 1. The topological polar surface area (TPSA) is 64.7 Å². The molecule has 0 bridgehead atoms. The molecular formula is C18H22Cl2F3N5O. The maximum absolute atomic E-state index is 13.0. The van der Waals surface area contributed by atoms with Crippen molar-refractivity contribution in [2.45, 2.75) is 58.3 Å². The number of carbonyl (C=O) groups is 1. The normalized spacial score (nSPS) is 15.6. The van der Waals surface area contributed by atoms with E-state index in [0.717, 1.165) is 18.9 Å². The van der Waals surface area contributed by atoms with Gasteiger partial charge in [0.2, 0.25) is 5.91 Å². The maximum atomic E-state index is 13.0. The molecule has 1 saturated carbocycles. The van der Waals surface area contributed by atoms with Crippen molar-refractivity contribution >= 4 is 29.1 Å². The van der Waals surface area contributed by atoms with E-state index >= 15 is 0 Å². The average Bonchev–Trinajstić information content (AvgIpc) is 3.36. The molecule has 11 heteroatoms. The molecule has 0 radical (unpaired) electrons. The number of carbonyl (C=O) groups excluding carboxylic acids is 1. The summed E-state index contributed by atoms with van der Waals surface area (Å²) in [5.74, 6) is -0.655. The van der Waals surface area contributed by atoms with Gasteiger partial charge < -0.3 is 5.32 Å². The zero-order valence-electron chi connectivity index (χ0n) is 16.1. The van der Waals surface area contributed by atoms with Gasteiger partial charge in [0.1, 0.15) is 10.2 Å². The second kappa shape index (κ2) is 8.55. The van der Waals surface area contributed by atoms with Gasteiger partial charge in [-0.05, 0) is 32.3 Å².